The van der Waals surface area contributed by atoms with Crippen LogP contribution in [0.15, 0.2) is 0 Å². The van der Waals surface area contributed by atoms with Gasteiger partial charge in [0.15, 0.2) is 0 Å². The first-order valence-electron chi connectivity index (χ1n) is 6.05. The Balaban J connectivity index is 2.16. The van der Waals surface area contributed by atoms with Crippen molar-refractivity contribution in [2.24, 2.45) is 17.3 Å². The molecule has 0 spiro atoms. The molecule has 2 fully saturated rings. The number of piperidine rings is 1. The zero-order chi connectivity index (χ0) is 12.8. The Bertz CT molecular complexity index is 366. The molecular formula is C12H17NO4. The predicted molar refractivity (Wildman–Crippen MR) is 59.0 cm³/mol. The quantitative estimate of drug-likeness (QED) is 0.723. The molecule has 0 bridgehead atoms. The van der Waals surface area contributed by atoms with Crippen molar-refractivity contribution in [3.05, 3.63) is 0 Å². The second-order valence-corrected chi connectivity index (χ2v) is 5.00. The van der Waals surface area contributed by atoms with Crippen LogP contribution in [-0.4, -0.2) is 34.3 Å². The highest BCUT2D eigenvalue weighted by molar-refractivity contribution is 6.09. The molecule has 17 heavy (non-hydrogen) atoms. The van der Waals surface area contributed by atoms with E-state index < -0.39 is 11.4 Å². The SMILES string of the molecule is CCC(CC)(CN1C(=O)C2CC2C1=O)C(=O)O. The molecule has 2 unspecified atom stereocenters. The number of hydrogen-bond acceptors (Lipinski definition) is 3. The van der Waals surface area contributed by atoms with Crippen molar-refractivity contribution in [3.63, 3.8) is 0 Å². The summed E-state index contributed by atoms with van der Waals surface area (Å²) in [5.74, 6) is -1.57. The van der Waals surface area contributed by atoms with E-state index in [-0.39, 0.29) is 30.2 Å². The molecule has 5 heteroatoms. The van der Waals surface area contributed by atoms with Crippen molar-refractivity contribution in [3.8, 4) is 0 Å². The van der Waals surface area contributed by atoms with E-state index in [4.69, 9.17) is 0 Å². The van der Waals surface area contributed by atoms with Crippen LogP contribution in [0.2, 0.25) is 0 Å². The summed E-state index contributed by atoms with van der Waals surface area (Å²) in [6, 6.07) is 0. The van der Waals surface area contributed by atoms with Gasteiger partial charge in [-0.25, -0.2) is 0 Å². The maximum atomic E-state index is 11.8. The van der Waals surface area contributed by atoms with Gasteiger partial charge in [0, 0.05) is 6.54 Å². The molecule has 0 aromatic heterocycles. The summed E-state index contributed by atoms with van der Waals surface area (Å²) in [5.41, 5.74) is -0.984. The number of hydrogen-bond donors (Lipinski definition) is 1. The number of likely N-dealkylation sites (tertiary alicyclic amines) is 1. The van der Waals surface area contributed by atoms with Crippen LogP contribution in [0.25, 0.3) is 0 Å². The first-order chi connectivity index (χ1) is 7.96. The van der Waals surface area contributed by atoms with E-state index in [9.17, 15) is 19.5 Å². The van der Waals surface area contributed by atoms with Crippen molar-refractivity contribution in [1.82, 2.24) is 4.90 Å². The number of carbonyl (C=O) groups is 3. The summed E-state index contributed by atoms with van der Waals surface area (Å²) in [6.07, 6.45) is 1.50. The number of carboxylic acids is 1. The molecule has 94 valence electrons. The summed E-state index contributed by atoms with van der Waals surface area (Å²) < 4.78 is 0. The van der Waals surface area contributed by atoms with Crippen LogP contribution in [0.4, 0.5) is 0 Å². The van der Waals surface area contributed by atoms with Crippen molar-refractivity contribution >= 4 is 17.8 Å². The van der Waals surface area contributed by atoms with Crippen LogP contribution in [0.3, 0.4) is 0 Å². The zero-order valence-electron chi connectivity index (χ0n) is 10.1. The van der Waals surface area contributed by atoms with Gasteiger partial charge in [0.05, 0.1) is 17.3 Å². The third-order valence-electron chi connectivity index (χ3n) is 4.22. The number of nitrogens with zero attached hydrogens (tertiary/aromatic N) is 1. The second-order valence-electron chi connectivity index (χ2n) is 5.00. The third kappa shape index (κ3) is 1.64. The zero-order valence-corrected chi connectivity index (χ0v) is 10.1. The van der Waals surface area contributed by atoms with Gasteiger partial charge in [0.25, 0.3) is 0 Å². The number of rotatable bonds is 5. The van der Waals surface area contributed by atoms with E-state index in [1.54, 1.807) is 13.8 Å². The van der Waals surface area contributed by atoms with Gasteiger partial charge in [-0.15, -0.1) is 0 Å². The molecule has 2 amide bonds. The Labute approximate surface area is 99.8 Å². The lowest BCUT2D eigenvalue weighted by atomic mass is 9.82. The largest absolute Gasteiger partial charge is 0.481 e. The van der Waals surface area contributed by atoms with E-state index >= 15 is 0 Å². The Kier molecular flexibility index (Phi) is 2.72. The predicted octanol–water partition coefficient (Wildman–Crippen LogP) is 0.882. The van der Waals surface area contributed by atoms with Gasteiger partial charge in [-0.3, -0.25) is 19.3 Å². The maximum Gasteiger partial charge on any atom is 0.311 e. The molecular weight excluding hydrogens is 222 g/mol. The topological polar surface area (TPSA) is 74.7 Å². The average Bonchev–Trinajstić information content (AvgIpc) is 3.05. The van der Waals surface area contributed by atoms with Gasteiger partial charge in [-0.2, -0.15) is 0 Å². The number of imide groups is 1. The number of amides is 2. The van der Waals surface area contributed by atoms with Crippen LogP contribution in [0, 0.1) is 17.3 Å². The van der Waals surface area contributed by atoms with Crippen molar-refractivity contribution in [2.45, 2.75) is 33.1 Å². The molecule has 5 nitrogen and oxygen atoms in total. The molecule has 2 atom stereocenters. The molecule has 0 radical (unpaired) electrons. The first-order valence-corrected chi connectivity index (χ1v) is 6.05. The molecule has 1 heterocycles. The van der Waals surface area contributed by atoms with E-state index in [1.807, 2.05) is 0 Å². The van der Waals surface area contributed by atoms with Gasteiger partial charge in [0.1, 0.15) is 0 Å². The molecule has 2 aliphatic rings. The van der Waals surface area contributed by atoms with E-state index in [0.717, 1.165) is 0 Å². The number of carbonyl (C=O) groups excluding carboxylic acids is 2. The molecule has 1 aliphatic heterocycles. The van der Waals surface area contributed by atoms with E-state index in [2.05, 4.69) is 0 Å². The van der Waals surface area contributed by atoms with Crippen molar-refractivity contribution < 1.29 is 19.5 Å². The van der Waals surface area contributed by atoms with Crippen LogP contribution in [0.1, 0.15) is 33.1 Å². The fourth-order valence-corrected chi connectivity index (χ4v) is 2.55. The Morgan fingerprint density at radius 2 is 1.76 bits per heavy atom. The second kappa shape index (κ2) is 3.82. The Morgan fingerprint density at radius 3 is 2.12 bits per heavy atom. The molecule has 0 aromatic rings. The summed E-state index contributed by atoms with van der Waals surface area (Å²) in [5, 5.41) is 9.28. The van der Waals surface area contributed by atoms with Crippen molar-refractivity contribution in [2.75, 3.05) is 6.54 Å². The van der Waals surface area contributed by atoms with E-state index in [0.29, 0.717) is 19.3 Å². The fourth-order valence-electron chi connectivity index (χ4n) is 2.55. The third-order valence-corrected chi connectivity index (χ3v) is 4.22. The average molecular weight is 239 g/mol. The lowest BCUT2D eigenvalue weighted by molar-refractivity contribution is -0.154. The molecule has 2 rings (SSSR count). The van der Waals surface area contributed by atoms with Crippen LogP contribution in [-0.2, 0) is 14.4 Å². The van der Waals surface area contributed by atoms with Crippen LogP contribution < -0.4 is 0 Å². The molecule has 0 aromatic carbocycles. The van der Waals surface area contributed by atoms with Gasteiger partial charge >= 0.3 is 5.97 Å². The maximum absolute atomic E-state index is 11.8. The molecule has 1 saturated heterocycles. The lowest BCUT2D eigenvalue weighted by Crippen LogP contribution is -2.46. The number of fused-ring (bicyclic) bond motifs is 1. The van der Waals surface area contributed by atoms with Crippen molar-refractivity contribution in [1.29, 1.82) is 0 Å². The fraction of sp³-hybridized carbons (Fsp3) is 0.750. The molecule has 1 saturated carbocycles. The van der Waals surface area contributed by atoms with Crippen LogP contribution in [0.5, 0.6) is 0 Å². The monoisotopic (exact) mass is 239 g/mol. The van der Waals surface area contributed by atoms with E-state index in [1.165, 1.54) is 4.90 Å². The van der Waals surface area contributed by atoms with Gasteiger partial charge in [-0.1, -0.05) is 13.8 Å². The summed E-state index contributed by atoms with van der Waals surface area (Å²) >= 11 is 0. The smallest absolute Gasteiger partial charge is 0.311 e. The highest BCUT2D eigenvalue weighted by Gasteiger charge is 2.60. The standard InChI is InChI=1S/C12H17NO4/c1-3-12(4-2,11(16)17)6-13-9(14)7-5-8(7)10(13)15/h7-8H,3-6H2,1-2H3,(H,16,17). The van der Waals surface area contributed by atoms with Gasteiger partial charge in [0.2, 0.25) is 11.8 Å². The highest BCUT2D eigenvalue weighted by Crippen LogP contribution is 2.48. The van der Waals surface area contributed by atoms with Crippen LogP contribution >= 0.6 is 0 Å². The molecule has 1 aliphatic carbocycles. The minimum absolute atomic E-state index is 0.0278. The summed E-state index contributed by atoms with van der Waals surface area (Å²) in [6.45, 7) is 3.59. The minimum atomic E-state index is -0.984. The number of carboxylic acid groups (broad SMARTS) is 1. The molecule has 1 N–H and O–H groups in total. The number of aliphatic carboxylic acids is 1. The Morgan fingerprint density at radius 1 is 1.29 bits per heavy atom. The lowest BCUT2D eigenvalue weighted by Gasteiger charge is -2.31. The highest BCUT2D eigenvalue weighted by atomic mass is 16.4. The Hall–Kier alpha value is -1.39. The summed E-state index contributed by atoms with van der Waals surface area (Å²) in [7, 11) is 0. The first kappa shape index (κ1) is 12.1. The normalized spacial score (nSPS) is 27.3. The minimum Gasteiger partial charge on any atom is -0.481 e. The van der Waals surface area contributed by atoms with Gasteiger partial charge in [-0.05, 0) is 19.3 Å². The van der Waals surface area contributed by atoms with Gasteiger partial charge < -0.3 is 5.11 Å². The summed E-state index contributed by atoms with van der Waals surface area (Å²) in [4.78, 5) is 36.1.